The van der Waals surface area contributed by atoms with Crippen molar-refractivity contribution in [3.8, 4) is 0 Å². The first kappa shape index (κ1) is 13.4. The molecule has 0 saturated heterocycles. The van der Waals surface area contributed by atoms with Crippen LogP contribution in [0.4, 0.5) is 13.2 Å². The summed E-state index contributed by atoms with van der Waals surface area (Å²) in [6, 6.07) is 5.27. The number of amides is 1. The van der Waals surface area contributed by atoms with Gasteiger partial charge in [0.15, 0.2) is 0 Å². The molecule has 0 atom stereocenters. The van der Waals surface area contributed by atoms with Crippen molar-refractivity contribution in [3.05, 3.63) is 35.4 Å². The summed E-state index contributed by atoms with van der Waals surface area (Å²) in [7, 11) is 0. The lowest BCUT2D eigenvalue weighted by molar-refractivity contribution is -0.141. The predicted octanol–water partition coefficient (Wildman–Crippen LogP) is 1.99. The molecule has 0 aliphatic heterocycles. The second-order valence-electron chi connectivity index (χ2n) is 5.87. The number of carbonyl (C=O) groups is 1. The lowest BCUT2D eigenvalue weighted by Gasteiger charge is -2.71. The zero-order valence-corrected chi connectivity index (χ0v) is 10.6. The Labute approximate surface area is 113 Å². The molecule has 6 heteroatoms. The van der Waals surface area contributed by atoms with E-state index in [-0.39, 0.29) is 11.0 Å². The highest BCUT2D eigenvalue weighted by molar-refractivity contribution is 5.78. The summed E-state index contributed by atoms with van der Waals surface area (Å²) in [6.45, 7) is -0.533. The van der Waals surface area contributed by atoms with Crippen LogP contribution in [0.5, 0.6) is 0 Å². The number of nitrogens with one attached hydrogen (secondary N) is 1. The Kier molecular flexibility index (Phi) is 2.67. The van der Waals surface area contributed by atoms with Crippen LogP contribution in [0.3, 0.4) is 0 Å². The molecule has 3 saturated carbocycles. The molecule has 2 N–H and O–H groups in total. The number of hydrogen-bond donors (Lipinski definition) is 2. The number of benzene rings is 1. The highest BCUT2D eigenvalue weighted by atomic mass is 19.4. The van der Waals surface area contributed by atoms with Crippen LogP contribution in [-0.2, 0) is 16.4 Å². The summed E-state index contributed by atoms with van der Waals surface area (Å²) in [5, 5.41) is 11.5. The van der Waals surface area contributed by atoms with E-state index in [4.69, 9.17) is 5.11 Å². The lowest BCUT2D eigenvalue weighted by Crippen LogP contribution is -2.76. The maximum atomic E-state index is 12.5. The van der Waals surface area contributed by atoms with Crippen molar-refractivity contribution in [2.24, 2.45) is 0 Å². The van der Waals surface area contributed by atoms with Crippen molar-refractivity contribution in [1.82, 2.24) is 5.32 Å². The zero-order chi connectivity index (χ0) is 14.6. The summed E-state index contributed by atoms with van der Waals surface area (Å²) in [4.78, 5) is 11.2. The molecule has 0 unspecified atom stereocenters. The van der Waals surface area contributed by atoms with Gasteiger partial charge >= 0.3 is 6.18 Å². The summed E-state index contributed by atoms with van der Waals surface area (Å²) >= 11 is 0. The lowest BCUT2D eigenvalue weighted by atomic mass is 9.37. The second-order valence-corrected chi connectivity index (χ2v) is 5.87. The van der Waals surface area contributed by atoms with Crippen LogP contribution >= 0.6 is 0 Å². The summed E-state index contributed by atoms with van der Waals surface area (Å²) < 4.78 is 37.5. The first-order valence-electron chi connectivity index (χ1n) is 6.38. The first-order valence-corrected chi connectivity index (χ1v) is 6.38. The van der Waals surface area contributed by atoms with E-state index in [1.54, 1.807) is 0 Å². The number of hydrogen-bond acceptors (Lipinski definition) is 2. The molecule has 0 spiro atoms. The van der Waals surface area contributed by atoms with Gasteiger partial charge in [0.2, 0.25) is 5.91 Å². The van der Waals surface area contributed by atoms with E-state index in [0.717, 1.165) is 37.0 Å². The van der Waals surface area contributed by atoms with Crippen LogP contribution in [0, 0.1) is 0 Å². The molecule has 108 valence electrons. The molecule has 4 rings (SSSR count). The molecule has 2 bridgehead atoms. The van der Waals surface area contributed by atoms with Gasteiger partial charge in [-0.25, -0.2) is 0 Å². The fraction of sp³-hybridized carbons (Fsp3) is 0.500. The average Bonchev–Trinajstić information content (AvgIpc) is 2.30. The van der Waals surface area contributed by atoms with Gasteiger partial charge in [-0.2, -0.15) is 13.2 Å². The van der Waals surface area contributed by atoms with Gasteiger partial charge in [-0.3, -0.25) is 4.79 Å². The maximum Gasteiger partial charge on any atom is 0.416 e. The van der Waals surface area contributed by atoms with Gasteiger partial charge in [-0.1, -0.05) is 12.1 Å². The highest BCUT2D eigenvalue weighted by Crippen LogP contribution is 2.67. The Morgan fingerprint density at radius 1 is 1.20 bits per heavy atom. The van der Waals surface area contributed by atoms with E-state index in [0.29, 0.717) is 0 Å². The molecule has 1 amide bonds. The molecular formula is C14H14F3NO2. The topological polar surface area (TPSA) is 49.3 Å². The first-order chi connectivity index (χ1) is 9.29. The zero-order valence-electron chi connectivity index (χ0n) is 10.6. The van der Waals surface area contributed by atoms with Gasteiger partial charge in [0.25, 0.3) is 0 Å². The number of rotatable bonds is 3. The van der Waals surface area contributed by atoms with Crippen LogP contribution in [0.15, 0.2) is 24.3 Å². The molecule has 0 heterocycles. The minimum Gasteiger partial charge on any atom is -0.387 e. The second kappa shape index (κ2) is 3.97. The molecule has 0 aromatic heterocycles. The highest BCUT2D eigenvalue weighted by Gasteiger charge is 2.68. The van der Waals surface area contributed by atoms with Gasteiger partial charge in [-0.15, -0.1) is 0 Å². The smallest absolute Gasteiger partial charge is 0.387 e. The Morgan fingerprint density at radius 3 is 2.20 bits per heavy atom. The average molecular weight is 285 g/mol. The molecule has 3 aliphatic rings. The monoisotopic (exact) mass is 285 g/mol. The van der Waals surface area contributed by atoms with Crippen LogP contribution in [0.2, 0.25) is 0 Å². The predicted molar refractivity (Wildman–Crippen MR) is 64.9 cm³/mol. The van der Waals surface area contributed by atoms with Crippen molar-refractivity contribution in [2.75, 3.05) is 6.61 Å². The molecule has 1 aromatic rings. The number of aliphatic hydroxyl groups is 1. The third-order valence-corrected chi connectivity index (χ3v) is 4.40. The minimum atomic E-state index is -4.31. The van der Waals surface area contributed by atoms with Gasteiger partial charge in [0.05, 0.1) is 5.56 Å². The number of carbonyl (C=O) groups excluding carboxylic acids is 1. The van der Waals surface area contributed by atoms with Gasteiger partial charge in [0.1, 0.15) is 6.61 Å². The SMILES string of the molecule is O=C(CO)NC12CC(c3ccc(C(F)(F)F)cc3)(C1)C2. The maximum absolute atomic E-state index is 12.5. The van der Waals surface area contributed by atoms with E-state index in [2.05, 4.69) is 5.32 Å². The van der Waals surface area contributed by atoms with Crippen LogP contribution in [0.25, 0.3) is 0 Å². The van der Waals surface area contributed by atoms with Crippen LogP contribution in [0.1, 0.15) is 30.4 Å². The molecule has 3 nitrogen and oxygen atoms in total. The molecule has 3 aliphatic carbocycles. The Morgan fingerprint density at radius 2 is 1.75 bits per heavy atom. The normalized spacial score (nSPS) is 31.2. The number of halogens is 3. The Bertz CT molecular complexity index is 531. The fourth-order valence-electron chi connectivity index (χ4n) is 3.57. The van der Waals surface area contributed by atoms with E-state index >= 15 is 0 Å². The van der Waals surface area contributed by atoms with E-state index in [1.165, 1.54) is 12.1 Å². The van der Waals surface area contributed by atoms with E-state index in [9.17, 15) is 18.0 Å². The largest absolute Gasteiger partial charge is 0.416 e. The van der Waals surface area contributed by atoms with Gasteiger partial charge in [-0.05, 0) is 37.0 Å². The minimum absolute atomic E-state index is 0.0904. The van der Waals surface area contributed by atoms with Gasteiger partial charge < -0.3 is 10.4 Å². The quantitative estimate of drug-likeness (QED) is 0.892. The van der Waals surface area contributed by atoms with Gasteiger partial charge in [0, 0.05) is 11.0 Å². The van der Waals surface area contributed by atoms with Crippen molar-refractivity contribution in [3.63, 3.8) is 0 Å². The third kappa shape index (κ3) is 1.90. The third-order valence-electron chi connectivity index (χ3n) is 4.40. The van der Waals surface area contributed by atoms with E-state index in [1.807, 2.05) is 0 Å². The Balaban J connectivity index is 1.68. The van der Waals surface area contributed by atoms with Crippen LogP contribution in [-0.4, -0.2) is 23.2 Å². The summed E-state index contributed by atoms with van der Waals surface area (Å²) in [6.07, 6.45) is -2.11. The van der Waals surface area contributed by atoms with E-state index < -0.39 is 24.3 Å². The molecular weight excluding hydrogens is 271 g/mol. The van der Waals surface area contributed by atoms with Crippen molar-refractivity contribution in [1.29, 1.82) is 0 Å². The van der Waals surface area contributed by atoms with Crippen molar-refractivity contribution < 1.29 is 23.1 Å². The van der Waals surface area contributed by atoms with Crippen molar-refractivity contribution >= 4 is 5.91 Å². The van der Waals surface area contributed by atoms with Crippen molar-refractivity contribution in [2.45, 2.75) is 36.4 Å². The molecule has 0 radical (unpaired) electrons. The summed E-state index contributed by atoms with van der Waals surface area (Å²) in [5.41, 5.74) is -0.0863. The summed E-state index contributed by atoms with van der Waals surface area (Å²) in [5.74, 6) is -0.397. The Hall–Kier alpha value is -1.56. The molecule has 1 aromatic carbocycles. The number of alkyl halides is 3. The molecule has 20 heavy (non-hydrogen) atoms. The molecule has 3 fully saturated rings. The van der Waals surface area contributed by atoms with Crippen LogP contribution < -0.4 is 5.32 Å². The fourth-order valence-corrected chi connectivity index (χ4v) is 3.57. The standard InChI is InChI=1S/C14H14F3NO2/c15-14(16,17)10-3-1-9(2-4-10)12-6-13(7-12,8-12)18-11(20)5-19/h1-4,19H,5-8H2,(H,18,20). The number of aliphatic hydroxyl groups excluding tert-OH is 1.